The minimum absolute atomic E-state index is 0.0472. The molecule has 8 nitrogen and oxygen atoms in total. The SMILES string of the molecule is CC/C=C\C/C=C\C/C=C\C/C=C\C/C=C\CCCCCCCCCCCC(=O)NC(COP(=O)(O)OCC[N+](C)(C)C)C(O)/C=C/CC/C=C/CC/C=C/CCCCCCCC. The molecule has 0 aliphatic rings. The third-order valence-corrected chi connectivity index (χ3v) is 11.5. The summed E-state index contributed by atoms with van der Waals surface area (Å²) in [4.78, 5) is 23.2. The van der Waals surface area contributed by atoms with Gasteiger partial charge in [0.1, 0.15) is 13.2 Å². The van der Waals surface area contributed by atoms with Gasteiger partial charge in [-0.15, -0.1) is 0 Å². The van der Waals surface area contributed by atoms with E-state index >= 15 is 0 Å². The van der Waals surface area contributed by atoms with E-state index in [1.807, 2.05) is 27.2 Å². The maximum Gasteiger partial charge on any atom is 0.472 e. The average Bonchev–Trinajstić information content (AvgIpc) is 3.24. The van der Waals surface area contributed by atoms with Gasteiger partial charge in [0.25, 0.3) is 0 Å². The molecule has 9 heteroatoms. The number of hydrogen-bond donors (Lipinski definition) is 3. The molecule has 0 aliphatic carbocycles. The third-order valence-electron chi connectivity index (χ3n) is 10.5. The zero-order chi connectivity index (χ0) is 46.4. The molecule has 3 atom stereocenters. The van der Waals surface area contributed by atoms with E-state index in [9.17, 15) is 19.4 Å². The molecule has 3 N–H and O–H groups in total. The Kier molecular flexibility index (Phi) is 42.8. The van der Waals surface area contributed by atoms with Crippen LogP contribution in [0.15, 0.2) is 97.2 Å². The Morgan fingerprint density at radius 2 is 0.968 bits per heavy atom. The molecule has 0 saturated carbocycles. The van der Waals surface area contributed by atoms with E-state index in [2.05, 4.69) is 104 Å². The van der Waals surface area contributed by atoms with Gasteiger partial charge in [-0.25, -0.2) is 4.57 Å². The van der Waals surface area contributed by atoms with Gasteiger partial charge in [0.15, 0.2) is 0 Å². The fraction of sp³-hybridized carbons (Fsp3) is 0.685. The van der Waals surface area contributed by atoms with E-state index in [1.165, 1.54) is 83.5 Å². The number of aliphatic hydroxyl groups excluding tert-OH is 1. The van der Waals surface area contributed by atoms with Gasteiger partial charge < -0.3 is 19.8 Å². The molecular weight excluding hydrogens is 804 g/mol. The molecule has 0 aromatic heterocycles. The molecule has 0 aliphatic heterocycles. The van der Waals surface area contributed by atoms with Crippen LogP contribution in [0.3, 0.4) is 0 Å². The quantitative estimate of drug-likeness (QED) is 0.0243. The number of quaternary nitrogens is 1. The number of likely N-dealkylation sites (N-methyl/N-ethyl adjacent to an activating group) is 1. The molecule has 0 aromatic carbocycles. The van der Waals surface area contributed by atoms with Gasteiger partial charge in [-0.2, -0.15) is 0 Å². The summed E-state index contributed by atoms with van der Waals surface area (Å²) >= 11 is 0. The second-order valence-corrected chi connectivity index (χ2v) is 19.2. The lowest BCUT2D eigenvalue weighted by Crippen LogP contribution is -2.45. The topological polar surface area (TPSA) is 105 Å². The third kappa shape index (κ3) is 47.2. The maximum atomic E-state index is 12.9. The van der Waals surface area contributed by atoms with Crippen molar-refractivity contribution in [1.29, 1.82) is 0 Å². The summed E-state index contributed by atoms with van der Waals surface area (Å²) in [5.41, 5.74) is 0. The van der Waals surface area contributed by atoms with Crippen molar-refractivity contribution in [3.8, 4) is 0 Å². The highest BCUT2D eigenvalue weighted by atomic mass is 31.2. The predicted molar refractivity (Wildman–Crippen MR) is 272 cm³/mol. The lowest BCUT2D eigenvalue weighted by Gasteiger charge is -2.25. The van der Waals surface area contributed by atoms with Crippen molar-refractivity contribution in [2.24, 2.45) is 0 Å². The first-order valence-corrected chi connectivity index (χ1v) is 26.6. The van der Waals surface area contributed by atoms with Crippen molar-refractivity contribution in [1.82, 2.24) is 5.32 Å². The summed E-state index contributed by atoms with van der Waals surface area (Å²) < 4.78 is 23.6. The standard InChI is InChI=1S/C54H95N2O6P/c1-6-8-10-12-14-16-18-20-22-24-25-26-27-28-29-30-31-32-34-36-38-40-42-44-46-48-54(58)55-52(51-62-63(59,60)61-50-49-56(3,4)5)53(57)47-45-43-41-39-37-35-33-23-21-19-17-15-13-11-9-7-2/h8,10,14,16,20-23,25-26,28-29,37,39,45,47,52-53,57H,6-7,9,11-13,15,17-19,24,27,30-36,38,40-44,46,48-51H2,1-5H3,(H-,55,58,59,60)/p+1/b10-8-,16-14-,22-20-,23-21+,26-25-,29-28-,39-37+,47-45+. The number of unbranched alkanes of at least 4 members (excludes halogenated alkanes) is 17. The summed E-state index contributed by atoms with van der Waals surface area (Å²) in [7, 11) is 1.53. The molecule has 0 heterocycles. The lowest BCUT2D eigenvalue weighted by molar-refractivity contribution is -0.870. The number of hydrogen-bond acceptors (Lipinski definition) is 5. The monoisotopic (exact) mass is 900 g/mol. The van der Waals surface area contributed by atoms with E-state index in [0.717, 1.165) is 83.5 Å². The first-order chi connectivity index (χ1) is 30.5. The van der Waals surface area contributed by atoms with Gasteiger partial charge >= 0.3 is 7.82 Å². The largest absolute Gasteiger partial charge is 0.472 e. The minimum Gasteiger partial charge on any atom is -0.387 e. The molecule has 63 heavy (non-hydrogen) atoms. The lowest BCUT2D eigenvalue weighted by atomic mass is 10.1. The summed E-state index contributed by atoms with van der Waals surface area (Å²) in [6, 6.07) is -0.879. The normalized spacial score (nSPS) is 15.0. The van der Waals surface area contributed by atoms with Crippen molar-refractivity contribution >= 4 is 13.7 Å². The molecule has 362 valence electrons. The number of phosphoric acid groups is 1. The van der Waals surface area contributed by atoms with Gasteiger partial charge in [-0.3, -0.25) is 13.8 Å². The second kappa shape index (κ2) is 44.6. The predicted octanol–water partition coefficient (Wildman–Crippen LogP) is 14.7. The number of carbonyl (C=O) groups is 1. The molecule has 0 spiro atoms. The first kappa shape index (κ1) is 60.4. The van der Waals surface area contributed by atoms with Crippen molar-refractivity contribution in [3.05, 3.63) is 97.2 Å². The zero-order valence-electron chi connectivity index (χ0n) is 41.0. The second-order valence-electron chi connectivity index (χ2n) is 17.8. The number of aliphatic hydroxyl groups is 1. The van der Waals surface area contributed by atoms with Crippen LogP contribution in [-0.4, -0.2) is 73.4 Å². The fourth-order valence-electron chi connectivity index (χ4n) is 6.57. The highest BCUT2D eigenvalue weighted by molar-refractivity contribution is 7.47. The molecule has 0 bridgehead atoms. The maximum absolute atomic E-state index is 12.9. The minimum atomic E-state index is -4.36. The summed E-state index contributed by atoms with van der Waals surface area (Å²) in [6.45, 7) is 4.64. The van der Waals surface area contributed by atoms with Crippen LogP contribution in [0, 0.1) is 0 Å². The molecule has 1 amide bonds. The number of nitrogens with zero attached hydrogens (tertiary/aromatic N) is 1. The Labute approximate surface area is 388 Å². The number of phosphoric ester groups is 1. The van der Waals surface area contributed by atoms with Gasteiger partial charge in [0.05, 0.1) is 39.9 Å². The van der Waals surface area contributed by atoms with E-state index in [-0.39, 0.29) is 19.1 Å². The molecule has 3 unspecified atom stereocenters. The van der Waals surface area contributed by atoms with Crippen LogP contribution in [0.2, 0.25) is 0 Å². The Hall–Kier alpha value is -2.58. The van der Waals surface area contributed by atoms with E-state index in [1.54, 1.807) is 6.08 Å². The number of allylic oxidation sites excluding steroid dienone is 15. The highest BCUT2D eigenvalue weighted by Crippen LogP contribution is 2.43. The van der Waals surface area contributed by atoms with Crippen LogP contribution in [0.1, 0.15) is 187 Å². The molecule has 0 fully saturated rings. The molecule has 0 saturated heterocycles. The van der Waals surface area contributed by atoms with Gasteiger partial charge in [0, 0.05) is 6.42 Å². The Morgan fingerprint density at radius 1 is 0.556 bits per heavy atom. The van der Waals surface area contributed by atoms with Crippen LogP contribution >= 0.6 is 7.82 Å². The van der Waals surface area contributed by atoms with Crippen molar-refractivity contribution in [3.63, 3.8) is 0 Å². The Balaban J connectivity index is 4.38. The average molecular weight is 900 g/mol. The van der Waals surface area contributed by atoms with Crippen LogP contribution in [0.25, 0.3) is 0 Å². The zero-order valence-corrected chi connectivity index (χ0v) is 41.9. The van der Waals surface area contributed by atoms with Crippen LogP contribution in [-0.2, 0) is 18.4 Å². The van der Waals surface area contributed by atoms with Gasteiger partial charge in [-0.1, -0.05) is 188 Å². The number of carbonyl (C=O) groups excluding carboxylic acids is 1. The van der Waals surface area contributed by atoms with Crippen molar-refractivity contribution < 1.29 is 32.9 Å². The summed E-state index contributed by atoms with van der Waals surface area (Å²) in [5.74, 6) is -0.203. The number of rotatable bonds is 44. The van der Waals surface area contributed by atoms with Crippen molar-refractivity contribution in [2.75, 3.05) is 40.9 Å². The first-order valence-electron chi connectivity index (χ1n) is 25.1. The van der Waals surface area contributed by atoms with Crippen molar-refractivity contribution in [2.45, 2.75) is 199 Å². The van der Waals surface area contributed by atoms with E-state index < -0.39 is 20.0 Å². The Morgan fingerprint density at radius 3 is 1.46 bits per heavy atom. The number of amides is 1. The van der Waals surface area contributed by atoms with Gasteiger partial charge in [0.2, 0.25) is 5.91 Å². The molecule has 0 rings (SSSR count). The molecular formula is C54H96N2O6P+. The Bertz CT molecular complexity index is 1340. The van der Waals surface area contributed by atoms with Crippen LogP contribution < -0.4 is 5.32 Å². The van der Waals surface area contributed by atoms with E-state index in [0.29, 0.717) is 17.4 Å². The fourth-order valence-corrected chi connectivity index (χ4v) is 7.30. The summed E-state index contributed by atoms with van der Waals surface area (Å²) in [5, 5.41) is 13.8. The smallest absolute Gasteiger partial charge is 0.387 e. The van der Waals surface area contributed by atoms with Crippen LogP contribution in [0.5, 0.6) is 0 Å². The number of nitrogens with one attached hydrogen (secondary N) is 1. The highest BCUT2D eigenvalue weighted by Gasteiger charge is 2.27. The molecule has 0 radical (unpaired) electrons. The van der Waals surface area contributed by atoms with E-state index in [4.69, 9.17) is 9.05 Å². The molecule has 0 aromatic rings. The van der Waals surface area contributed by atoms with Gasteiger partial charge in [-0.05, 0) is 89.9 Å². The summed E-state index contributed by atoms with van der Waals surface area (Å²) in [6.07, 6.45) is 63.4. The van der Waals surface area contributed by atoms with Crippen LogP contribution in [0.4, 0.5) is 0 Å².